The molecule has 3 heterocycles. The van der Waals surface area contributed by atoms with Gasteiger partial charge < -0.3 is 25.1 Å². The first-order chi connectivity index (χ1) is 19.4. The number of fused-ring (bicyclic) bond motifs is 1. The van der Waals surface area contributed by atoms with Gasteiger partial charge in [0.05, 0.1) is 57.6 Å². The Balaban J connectivity index is 0.000000477. The monoisotopic (exact) mass is 635 g/mol. The number of para-hydroxylation sites is 2. The molecule has 1 aliphatic heterocycles. The van der Waals surface area contributed by atoms with Crippen molar-refractivity contribution in [3.8, 4) is 0 Å². The first-order valence-corrected chi connectivity index (χ1v) is 14.2. The van der Waals surface area contributed by atoms with Gasteiger partial charge in [-0.25, -0.2) is 4.98 Å². The summed E-state index contributed by atoms with van der Waals surface area (Å²) in [5, 5.41) is 9.05. The lowest BCUT2D eigenvalue weighted by atomic mass is 10.3. The van der Waals surface area contributed by atoms with Gasteiger partial charge in [-0.15, -0.1) is 0 Å². The first kappa shape index (κ1) is 28.7. The van der Waals surface area contributed by atoms with Gasteiger partial charge in [-0.1, -0.05) is 58.5 Å². The van der Waals surface area contributed by atoms with Crippen LogP contribution in [-0.2, 0) is 9.47 Å². The molecule has 0 bridgehead atoms. The Hall–Kier alpha value is -2.83. The molecule has 2 aromatic heterocycles. The van der Waals surface area contributed by atoms with E-state index in [4.69, 9.17) is 55.9 Å². The Morgan fingerprint density at radius 1 is 0.650 bits per heavy atom. The zero-order valence-corrected chi connectivity index (χ0v) is 24.5. The number of hydrogen-bond acceptors (Lipinski definition) is 9. The van der Waals surface area contributed by atoms with Crippen LogP contribution in [0.25, 0.3) is 11.0 Å². The molecule has 3 N–H and O–H groups in total. The van der Waals surface area contributed by atoms with Crippen molar-refractivity contribution >= 4 is 92.5 Å². The number of H-pyrrole nitrogens is 1. The zero-order chi connectivity index (χ0) is 27.9. The number of hydrogen-bond donors (Lipinski definition) is 3. The van der Waals surface area contributed by atoms with Gasteiger partial charge in [0.15, 0.2) is 5.16 Å². The number of nitrogens with zero attached hydrogens (tertiary/aromatic N) is 4. The molecule has 0 unspecified atom stereocenters. The summed E-state index contributed by atoms with van der Waals surface area (Å²) in [5.41, 5.74) is 3.10. The summed E-state index contributed by atoms with van der Waals surface area (Å²) < 4.78 is 9.89. The topological polar surface area (TPSA) is 110 Å². The smallest absolute Gasteiger partial charge is 0.233 e. The molecule has 1 saturated heterocycles. The van der Waals surface area contributed by atoms with Crippen LogP contribution in [0.2, 0.25) is 20.1 Å². The van der Waals surface area contributed by atoms with Crippen molar-refractivity contribution in [2.45, 2.75) is 10.3 Å². The third kappa shape index (κ3) is 7.88. The van der Waals surface area contributed by atoms with Crippen molar-refractivity contribution < 1.29 is 9.47 Å². The third-order valence-corrected chi connectivity index (χ3v) is 7.50. The van der Waals surface area contributed by atoms with Crippen LogP contribution >= 0.6 is 58.2 Å². The van der Waals surface area contributed by atoms with Crippen LogP contribution in [0.15, 0.2) is 71.0 Å². The fourth-order valence-electron chi connectivity index (χ4n) is 3.42. The van der Waals surface area contributed by atoms with Crippen LogP contribution in [0.1, 0.15) is 0 Å². The Morgan fingerprint density at radius 3 is 1.70 bits per heavy atom. The maximum absolute atomic E-state index is 6.15. The molecule has 0 radical (unpaired) electrons. The van der Waals surface area contributed by atoms with Crippen LogP contribution < -0.4 is 10.6 Å². The number of ether oxygens (including phenoxy) is 2. The number of imidazole rings is 1. The van der Waals surface area contributed by atoms with Gasteiger partial charge in [0.1, 0.15) is 0 Å². The molecule has 3 aromatic carbocycles. The fourth-order valence-corrected chi connectivity index (χ4v) is 4.76. The lowest BCUT2D eigenvalue weighted by Crippen LogP contribution is -2.16. The molecule has 9 nitrogen and oxygen atoms in total. The molecule has 1 aliphatic rings. The Labute approximate surface area is 253 Å². The SMILES string of the molecule is C1COCCO1.Clc1ccc(Nc2nc(Nc3ccc(Cl)c(Cl)c3)nc(Sc3nc4ccccc4[nH]3)n2)cc1Cl. The van der Waals surface area contributed by atoms with E-state index in [-0.39, 0.29) is 0 Å². The third-order valence-electron chi connectivity index (χ3n) is 5.27. The Kier molecular flexibility index (Phi) is 9.82. The van der Waals surface area contributed by atoms with Gasteiger partial charge in [-0.05, 0) is 60.3 Å². The molecule has 206 valence electrons. The highest BCUT2D eigenvalue weighted by atomic mass is 35.5. The summed E-state index contributed by atoms with van der Waals surface area (Å²) in [5.74, 6) is 0.601. The summed E-state index contributed by atoms with van der Waals surface area (Å²) in [4.78, 5) is 21.4. The second-order valence-electron chi connectivity index (χ2n) is 8.16. The van der Waals surface area contributed by atoms with Gasteiger partial charge in [-0.2, -0.15) is 15.0 Å². The Morgan fingerprint density at radius 2 is 1.20 bits per heavy atom. The molecular formula is C26H21Cl4N7O2S. The molecule has 0 atom stereocenters. The minimum atomic E-state index is 0.301. The fraction of sp³-hybridized carbons (Fsp3) is 0.154. The number of aromatic amines is 1. The predicted octanol–water partition coefficient (Wildman–Crippen LogP) is 8.03. The van der Waals surface area contributed by atoms with Crippen LogP contribution in [0.4, 0.5) is 23.3 Å². The number of halogens is 4. The number of nitrogens with one attached hydrogen (secondary N) is 3. The lowest BCUT2D eigenvalue weighted by Gasteiger charge is -2.11. The predicted molar refractivity (Wildman–Crippen MR) is 161 cm³/mol. The number of rotatable bonds is 6. The quantitative estimate of drug-likeness (QED) is 0.170. The van der Waals surface area contributed by atoms with Crippen molar-refractivity contribution in [3.05, 3.63) is 80.8 Å². The number of benzene rings is 3. The highest BCUT2D eigenvalue weighted by Crippen LogP contribution is 2.30. The van der Waals surface area contributed by atoms with Crippen molar-refractivity contribution in [2.75, 3.05) is 37.1 Å². The van der Waals surface area contributed by atoms with E-state index in [1.807, 2.05) is 24.3 Å². The summed E-state index contributed by atoms with van der Waals surface area (Å²) in [6, 6.07) is 18.0. The average Bonchev–Trinajstić information content (AvgIpc) is 3.36. The standard InChI is InChI=1S/C22H13Cl4N7S.C4H8O2/c23-13-7-5-11(9-15(13)25)27-19-31-20(28-12-6-8-14(24)16(26)10-12)33-22(32-19)34-21-29-17-3-1-2-4-18(17)30-21;1-2-6-4-3-5-1/h1-10H,(H,29,30)(H2,27,28,31,32,33);1-4H2. The largest absolute Gasteiger partial charge is 0.377 e. The minimum absolute atomic E-state index is 0.301. The first-order valence-electron chi connectivity index (χ1n) is 11.9. The molecule has 1 fully saturated rings. The molecule has 0 saturated carbocycles. The van der Waals surface area contributed by atoms with Crippen LogP contribution in [0.5, 0.6) is 0 Å². The molecule has 40 heavy (non-hydrogen) atoms. The summed E-state index contributed by atoms with van der Waals surface area (Å²) >= 11 is 25.6. The average molecular weight is 637 g/mol. The van der Waals surface area contributed by atoms with Gasteiger partial charge in [0.2, 0.25) is 17.1 Å². The molecular weight excluding hydrogens is 616 g/mol. The van der Waals surface area contributed by atoms with E-state index in [2.05, 4.69) is 35.6 Å². The maximum Gasteiger partial charge on any atom is 0.233 e. The lowest BCUT2D eigenvalue weighted by molar-refractivity contribution is -0.0334. The van der Waals surface area contributed by atoms with Crippen LogP contribution in [0.3, 0.4) is 0 Å². The molecule has 0 amide bonds. The van der Waals surface area contributed by atoms with Gasteiger partial charge >= 0.3 is 0 Å². The van der Waals surface area contributed by atoms with Crippen molar-refractivity contribution in [3.63, 3.8) is 0 Å². The van der Waals surface area contributed by atoms with E-state index in [1.165, 1.54) is 11.8 Å². The van der Waals surface area contributed by atoms with Crippen molar-refractivity contribution in [1.29, 1.82) is 0 Å². The van der Waals surface area contributed by atoms with Crippen LogP contribution in [-0.4, -0.2) is 51.3 Å². The van der Waals surface area contributed by atoms with E-state index >= 15 is 0 Å². The normalized spacial score (nSPS) is 13.0. The Bertz CT molecular complexity index is 1500. The molecule has 5 aromatic rings. The van der Waals surface area contributed by atoms with Gasteiger partial charge in [-0.3, -0.25) is 0 Å². The molecule has 0 aliphatic carbocycles. The van der Waals surface area contributed by atoms with E-state index in [0.29, 0.717) is 53.7 Å². The molecule has 6 rings (SSSR count). The van der Waals surface area contributed by atoms with E-state index in [0.717, 1.165) is 37.5 Å². The highest BCUT2D eigenvalue weighted by molar-refractivity contribution is 7.99. The maximum atomic E-state index is 6.15. The second kappa shape index (κ2) is 13.7. The van der Waals surface area contributed by atoms with E-state index < -0.39 is 0 Å². The summed E-state index contributed by atoms with van der Waals surface area (Å²) in [6.45, 7) is 3.11. The highest BCUT2D eigenvalue weighted by Gasteiger charge is 2.13. The molecule has 0 spiro atoms. The summed E-state index contributed by atoms with van der Waals surface area (Å²) in [6.07, 6.45) is 0. The second-order valence-corrected chi connectivity index (χ2v) is 10.7. The molecule has 14 heteroatoms. The van der Waals surface area contributed by atoms with Gasteiger partial charge in [0, 0.05) is 11.4 Å². The van der Waals surface area contributed by atoms with Crippen molar-refractivity contribution in [2.24, 2.45) is 0 Å². The number of anilines is 4. The number of aromatic nitrogens is 5. The minimum Gasteiger partial charge on any atom is -0.377 e. The summed E-state index contributed by atoms with van der Waals surface area (Å²) in [7, 11) is 0. The van der Waals surface area contributed by atoms with E-state index in [1.54, 1.807) is 36.4 Å². The van der Waals surface area contributed by atoms with Crippen molar-refractivity contribution in [1.82, 2.24) is 24.9 Å². The van der Waals surface area contributed by atoms with E-state index in [9.17, 15) is 0 Å². The van der Waals surface area contributed by atoms with Gasteiger partial charge in [0.25, 0.3) is 0 Å². The zero-order valence-electron chi connectivity index (χ0n) is 20.6. The van der Waals surface area contributed by atoms with Crippen LogP contribution in [0, 0.1) is 0 Å².